The predicted molar refractivity (Wildman–Crippen MR) is 103 cm³/mol. The average molecular weight is 371 g/mol. The van der Waals surface area contributed by atoms with Gasteiger partial charge in [0.05, 0.1) is 11.2 Å². The van der Waals surface area contributed by atoms with Gasteiger partial charge in [0.1, 0.15) is 23.1 Å². The Bertz CT molecular complexity index is 858. The molecule has 2 aromatic rings. The first-order chi connectivity index (χ1) is 12.6. The molecule has 0 unspecified atom stereocenters. The molecule has 1 heterocycles. The van der Waals surface area contributed by atoms with Crippen molar-refractivity contribution in [1.82, 2.24) is 15.1 Å². The Kier molecular flexibility index (Phi) is 6.21. The van der Waals surface area contributed by atoms with Gasteiger partial charge < -0.3 is 10.6 Å². The highest BCUT2D eigenvalue weighted by molar-refractivity contribution is 5.92. The molecule has 144 valence electrons. The van der Waals surface area contributed by atoms with Crippen LogP contribution in [-0.2, 0) is 5.54 Å². The Hall–Kier alpha value is -2.88. The zero-order valence-electron chi connectivity index (χ0n) is 16.4. The summed E-state index contributed by atoms with van der Waals surface area (Å²) in [6, 6.07) is 8.05. The van der Waals surface area contributed by atoms with Gasteiger partial charge in [-0.1, -0.05) is 19.9 Å². The molecule has 0 spiro atoms. The number of nitriles is 1. The molecule has 1 amide bonds. The van der Waals surface area contributed by atoms with Gasteiger partial charge in [0.2, 0.25) is 0 Å². The minimum absolute atomic E-state index is 0.0330. The van der Waals surface area contributed by atoms with Crippen molar-refractivity contribution in [3.8, 4) is 6.07 Å². The SMILES string of the molecule is CC(C)c1cc(C(=O)NCCNc2cccc(F)c2C#N)nn1C(C)(C)C. The predicted octanol–water partition coefficient (Wildman–Crippen LogP) is 3.61. The fraction of sp³-hybridized carbons (Fsp3) is 0.450. The van der Waals surface area contributed by atoms with Gasteiger partial charge in [-0.2, -0.15) is 10.4 Å². The molecule has 1 aromatic carbocycles. The van der Waals surface area contributed by atoms with Crippen LogP contribution in [0.3, 0.4) is 0 Å². The highest BCUT2D eigenvalue weighted by atomic mass is 19.1. The number of nitrogens with zero attached hydrogens (tertiary/aromatic N) is 3. The number of carbonyl (C=O) groups is 1. The average Bonchev–Trinajstić information content (AvgIpc) is 3.05. The van der Waals surface area contributed by atoms with E-state index in [-0.39, 0.29) is 22.9 Å². The van der Waals surface area contributed by atoms with Crippen molar-refractivity contribution in [2.24, 2.45) is 0 Å². The molecular weight excluding hydrogens is 345 g/mol. The van der Waals surface area contributed by atoms with Crippen molar-refractivity contribution in [3.05, 3.63) is 47.0 Å². The van der Waals surface area contributed by atoms with E-state index in [1.54, 1.807) is 6.07 Å². The Morgan fingerprint density at radius 3 is 2.59 bits per heavy atom. The molecule has 0 fully saturated rings. The lowest BCUT2D eigenvalue weighted by molar-refractivity contribution is 0.0948. The van der Waals surface area contributed by atoms with E-state index in [1.807, 2.05) is 37.6 Å². The molecule has 7 heteroatoms. The van der Waals surface area contributed by atoms with Gasteiger partial charge in [0.15, 0.2) is 0 Å². The summed E-state index contributed by atoms with van der Waals surface area (Å²) in [4.78, 5) is 12.4. The van der Waals surface area contributed by atoms with Crippen LogP contribution in [0.2, 0.25) is 0 Å². The summed E-state index contributed by atoms with van der Waals surface area (Å²) in [7, 11) is 0. The fourth-order valence-electron chi connectivity index (χ4n) is 2.70. The summed E-state index contributed by atoms with van der Waals surface area (Å²) in [5.41, 5.74) is 1.53. The first kappa shape index (κ1) is 20.4. The van der Waals surface area contributed by atoms with Crippen LogP contribution < -0.4 is 10.6 Å². The Labute approximate surface area is 159 Å². The van der Waals surface area contributed by atoms with Gasteiger partial charge in [-0.3, -0.25) is 9.48 Å². The number of benzene rings is 1. The van der Waals surface area contributed by atoms with Crippen LogP contribution in [0.25, 0.3) is 0 Å². The van der Waals surface area contributed by atoms with Gasteiger partial charge in [0.25, 0.3) is 5.91 Å². The number of anilines is 1. The van der Waals surface area contributed by atoms with Gasteiger partial charge in [-0.25, -0.2) is 4.39 Å². The second kappa shape index (κ2) is 8.21. The van der Waals surface area contributed by atoms with Gasteiger partial charge in [0, 0.05) is 18.8 Å². The van der Waals surface area contributed by atoms with E-state index in [9.17, 15) is 9.18 Å². The molecule has 0 aliphatic rings. The molecule has 0 saturated carbocycles. The molecule has 6 nitrogen and oxygen atoms in total. The first-order valence-electron chi connectivity index (χ1n) is 8.96. The van der Waals surface area contributed by atoms with E-state index in [0.717, 1.165) is 5.69 Å². The minimum Gasteiger partial charge on any atom is -0.382 e. The maximum atomic E-state index is 13.6. The molecule has 1 aromatic heterocycles. The topological polar surface area (TPSA) is 82.7 Å². The molecule has 2 rings (SSSR count). The Morgan fingerprint density at radius 1 is 1.33 bits per heavy atom. The molecule has 0 aliphatic carbocycles. The van der Waals surface area contributed by atoms with Crippen LogP contribution >= 0.6 is 0 Å². The van der Waals surface area contributed by atoms with Crippen LogP contribution in [0, 0.1) is 17.1 Å². The minimum atomic E-state index is -0.569. The van der Waals surface area contributed by atoms with E-state index in [4.69, 9.17) is 5.26 Å². The van der Waals surface area contributed by atoms with E-state index < -0.39 is 5.82 Å². The monoisotopic (exact) mass is 371 g/mol. The van der Waals surface area contributed by atoms with Crippen molar-refractivity contribution in [1.29, 1.82) is 5.26 Å². The summed E-state index contributed by atoms with van der Waals surface area (Å²) in [6.07, 6.45) is 0. The van der Waals surface area contributed by atoms with Crippen LogP contribution in [0.15, 0.2) is 24.3 Å². The van der Waals surface area contributed by atoms with Crippen LogP contribution in [0.1, 0.15) is 62.3 Å². The van der Waals surface area contributed by atoms with Crippen molar-refractivity contribution < 1.29 is 9.18 Å². The summed E-state index contributed by atoms with van der Waals surface area (Å²) in [6.45, 7) is 10.9. The number of rotatable bonds is 6. The lowest BCUT2D eigenvalue weighted by atomic mass is 10.1. The number of hydrogen-bond acceptors (Lipinski definition) is 4. The number of carbonyl (C=O) groups excluding carboxylic acids is 1. The van der Waals surface area contributed by atoms with E-state index in [2.05, 4.69) is 29.6 Å². The molecule has 0 aliphatic heterocycles. The summed E-state index contributed by atoms with van der Waals surface area (Å²) in [5.74, 6) is -0.584. The highest BCUT2D eigenvalue weighted by Gasteiger charge is 2.23. The summed E-state index contributed by atoms with van der Waals surface area (Å²) < 4.78 is 15.5. The van der Waals surface area contributed by atoms with E-state index in [1.165, 1.54) is 12.1 Å². The maximum absolute atomic E-state index is 13.6. The Morgan fingerprint density at radius 2 is 2.04 bits per heavy atom. The first-order valence-corrected chi connectivity index (χ1v) is 8.96. The van der Waals surface area contributed by atoms with Gasteiger partial charge in [-0.15, -0.1) is 0 Å². The zero-order valence-corrected chi connectivity index (χ0v) is 16.4. The van der Waals surface area contributed by atoms with E-state index >= 15 is 0 Å². The Balaban J connectivity index is 1.99. The van der Waals surface area contributed by atoms with Crippen molar-refractivity contribution in [2.75, 3.05) is 18.4 Å². The fourth-order valence-corrected chi connectivity index (χ4v) is 2.70. The standard InChI is InChI=1S/C20H26FN5O/c1-13(2)18-11-17(25-26(18)20(3,4)5)19(27)24-10-9-23-16-8-6-7-15(21)14(16)12-22/h6-8,11,13,23H,9-10H2,1-5H3,(H,24,27). The summed E-state index contributed by atoms with van der Waals surface area (Å²) in [5, 5.41) is 19.3. The van der Waals surface area contributed by atoms with Crippen molar-refractivity contribution >= 4 is 11.6 Å². The number of nitrogens with one attached hydrogen (secondary N) is 2. The van der Waals surface area contributed by atoms with Crippen molar-refractivity contribution in [2.45, 2.75) is 46.1 Å². The van der Waals surface area contributed by atoms with Crippen LogP contribution in [0.4, 0.5) is 10.1 Å². The van der Waals surface area contributed by atoms with Crippen molar-refractivity contribution in [3.63, 3.8) is 0 Å². The molecule has 0 bridgehead atoms. The van der Waals surface area contributed by atoms with Crippen LogP contribution in [-0.4, -0.2) is 28.8 Å². The normalized spacial score (nSPS) is 11.3. The smallest absolute Gasteiger partial charge is 0.271 e. The third-order valence-electron chi connectivity index (χ3n) is 4.05. The molecular formula is C20H26FN5O. The zero-order chi connectivity index (χ0) is 20.2. The van der Waals surface area contributed by atoms with Gasteiger partial charge in [-0.05, 0) is 44.9 Å². The molecule has 2 N–H and O–H groups in total. The number of aromatic nitrogens is 2. The number of amides is 1. The molecule has 27 heavy (non-hydrogen) atoms. The number of hydrogen-bond donors (Lipinski definition) is 2. The quantitative estimate of drug-likeness (QED) is 0.760. The largest absolute Gasteiger partial charge is 0.382 e. The molecule has 0 radical (unpaired) electrons. The van der Waals surface area contributed by atoms with Gasteiger partial charge >= 0.3 is 0 Å². The van der Waals surface area contributed by atoms with E-state index in [0.29, 0.717) is 24.5 Å². The van der Waals surface area contributed by atoms with Crippen LogP contribution in [0.5, 0.6) is 0 Å². The lowest BCUT2D eigenvalue weighted by Gasteiger charge is -2.23. The summed E-state index contributed by atoms with van der Waals surface area (Å²) >= 11 is 0. The third kappa shape index (κ3) is 4.85. The second-order valence-electron chi connectivity index (χ2n) is 7.65. The lowest BCUT2D eigenvalue weighted by Crippen LogP contribution is -2.30. The second-order valence-corrected chi connectivity index (χ2v) is 7.65. The maximum Gasteiger partial charge on any atom is 0.271 e. The molecule has 0 saturated heterocycles. The number of halogens is 1. The third-order valence-corrected chi connectivity index (χ3v) is 4.05. The highest BCUT2D eigenvalue weighted by Crippen LogP contribution is 2.23. The molecule has 0 atom stereocenters.